The van der Waals surface area contributed by atoms with Gasteiger partial charge in [0.05, 0.1) is 12.1 Å². The van der Waals surface area contributed by atoms with E-state index in [1.54, 1.807) is 11.0 Å². The molecule has 0 unspecified atom stereocenters. The monoisotopic (exact) mass is 421 g/mol. The lowest BCUT2D eigenvalue weighted by atomic mass is 10.1. The standard InChI is InChI=1S/C24H24ClN3O2/c1-4-28-14-21-20(24(28)29)13-22(25)27-23(21)26-16(3)17-7-11-19(12-8-17)30-18-9-5-15(2)6-10-18/h5-13,16H,4,14H2,1-3H3,(H,26,27)/t16-/m0/s1. The molecule has 1 aromatic heterocycles. The van der Waals surface area contributed by atoms with Crippen LogP contribution in [0.25, 0.3) is 0 Å². The molecule has 0 spiro atoms. The van der Waals surface area contributed by atoms with Crippen LogP contribution in [0.2, 0.25) is 5.15 Å². The second-order valence-electron chi connectivity index (χ2n) is 7.49. The fraction of sp³-hybridized carbons (Fsp3) is 0.250. The van der Waals surface area contributed by atoms with Crippen LogP contribution < -0.4 is 10.1 Å². The number of benzene rings is 2. The molecule has 5 nitrogen and oxygen atoms in total. The number of rotatable bonds is 6. The Balaban J connectivity index is 1.50. The molecule has 154 valence electrons. The Morgan fingerprint density at radius 2 is 1.77 bits per heavy atom. The quantitative estimate of drug-likeness (QED) is 0.497. The van der Waals surface area contributed by atoms with Gasteiger partial charge in [0.1, 0.15) is 22.5 Å². The van der Waals surface area contributed by atoms with Crippen LogP contribution in [-0.2, 0) is 6.54 Å². The molecule has 30 heavy (non-hydrogen) atoms. The van der Waals surface area contributed by atoms with E-state index >= 15 is 0 Å². The van der Waals surface area contributed by atoms with Crippen LogP contribution >= 0.6 is 11.6 Å². The molecular formula is C24H24ClN3O2. The molecule has 1 amide bonds. The number of hydrogen-bond donors (Lipinski definition) is 1. The Labute approximate surface area is 181 Å². The van der Waals surface area contributed by atoms with E-state index in [9.17, 15) is 4.79 Å². The zero-order chi connectivity index (χ0) is 21.3. The molecule has 2 aromatic carbocycles. The van der Waals surface area contributed by atoms with Crippen molar-refractivity contribution in [1.82, 2.24) is 9.88 Å². The molecule has 1 N–H and O–H groups in total. The number of amides is 1. The number of nitrogens with zero attached hydrogens (tertiary/aromatic N) is 2. The van der Waals surface area contributed by atoms with Gasteiger partial charge in [-0.1, -0.05) is 41.4 Å². The highest BCUT2D eigenvalue weighted by Crippen LogP contribution is 2.32. The number of anilines is 1. The van der Waals surface area contributed by atoms with Gasteiger partial charge in [0.15, 0.2) is 0 Å². The highest BCUT2D eigenvalue weighted by Gasteiger charge is 2.30. The van der Waals surface area contributed by atoms with Crippen LogP contribution in [0.1, 0.15) is 46.9 Å². The Morgan fingerprint density at radius 1 is 1.13 bits per heavy atom. The lowest BCUT2D eigenvalue weighted by Crippen LogP contribution is -2.22. The smallest absolute Gasteiger partial charge is 0.254 e. The molecule has 0 fully saturated rings. The maximum Gasteiger partial charge on any atom is 0.254 e. The zero-order valence-electron chi connectivity index (χ0n) is 17.3. The summed E-state index contributed by atoms with van der Waals surface area (Å²) in [5.41, 5.74) is 3.81. The van der Waals surface area contributed by atoms with Crippen LogP contribution in [0.3, 0.4) is 0 Å². The van der Waals surface area contributed by atoms with Crippen molar-refractivity contribution in [2.45, 2.75) is 33.4 Å². The van der Waals surface area contributed by atoms with E-state index in [-0.39, 0.29) is 11.9 Å². The summed E-state index contributed by atoms with van der Waals surface area (Å²) >= 11 is 6.18. The number of fused-ring (bicyclic) bond motifs is 1. The van der Waals surface area contributed by atoms with Crippen LogP contribution in [0.15, 0.2) is 54.6 Å². The second kappa shape index (κ2) is 8.36. The highest BCUT2D eigenvalue weighted by atomic mass is 35.5. The van der Waals surface area contributed by atoms with Crippen molar-refractivity contribution in [2.24, 2.45) is 0 Å². The predicted molar refractivity (Wildman–Crippen MR) is 119 cm³/mol. The number of carbonyl (C=O) groups is 1. The molecule has 0 saturated heterocycles. The van der Waals surface area contributed by atoms with E-state index < -0.39 is 0 Å². The largest absolute Gasteiger partial charge is 0.457 e. The van der Waals surface area contributed by atoms with E-state index in [1.807, 2.05) is 62.4 Å². The number of nitrogens with one attached hydrogen (secondary N) is 1. The van der Waals surface area contributed by atoms with Gasteiger partial charge in [0, 0.05) is 18.2 Å². The van der Waals surface area contributed by atoms with Gasteiger partial charge in [-0.2, -0.15) is 0 Å². The van der Waals surface area contributed by atoms with Crippen LogP contribution in [0.5, 0.6) is 11.5 Å². The fourth-order valence-electron chi connectivity index (χ4n) is 3.55. The summed E-state index contributed by atoms with van der Waals surface area (Å²) in [6.45, 7) is 7.27. The topological polar surface area (TPSA) is 54.5 Å². The molecule has 0 saturated carbocycles. The first kappa shape index (κ1) is 20.2. The molecule has 1 aliphatic rings. The lowest BCUT2D eigenvalue weighted by Gasteiger charge is -2.18. The van der Waals surface area contributed by atoms with Gasteiger partial charge in [0.25, 0.3) is 5.91 Å². The second-order valence-corrected chi connectivity index (χ2v) is 7.88. The zero-order valence-corrected chi connectivity index (χ0v) is 18.0. The van der Waals surface area contributed by atoms with E-state index in [0.29, 0.717) is 29.6 Å². The maximum atomic E-state index is 12.5. The van der Waals surface area contributed by atoms with Crippen molar-refractivity contribution < 1.29 is 9.53 Å². The molecule has 2 heterocycles. The van der Waals surface area contributed by atoms with Crippen molar-refractivity contribution >= 4 is 23.3 Å². The number of hydrogen-bond acceptors (Lipinski definition) is 4. The average Bonchev–Trinajstić information content (AvgIpc) is 3.06. The third-order valence-corrected chi connectivity index (χ3v) is 5.52. The van der Waals surface area contributed by atoms with Gasteiger partial charge in [-0.25, -0.2) is 4.98 Å². The number of ether oxygens (including phenoxy) is 1. The van der Waals surface area contributed by atoms with Crippen LogP contribution in [0.4, 0.5) is 5.82 Å². The van der Waals surface area contributed by atoms with Gasteiger partial charge in [0.2, 0.25) is 0 Å². The van der Waals surface area contributed by atoms with Crippen molar-refractivity contribution in [3.05, 3.63) is 82.0 Å². The Bertz CT molecular complexity index is 1070. The fourth-order valence-corrected chi connectivity index (χ4v) is 3.75. The number of aryl methyl sites for hydroxylation is 1. The third kappa shape index (κ3) is 4.12. The molecule has 3 aromatic rings. The molecule has 4 rings (SSSR count). The summed E-state index contributed by atoms with van der Waals surface area (Å²) in [4.78, 5) is 18.7. The molecule has 6 heteroatoms. The normalized spacial score (nSPS) is 13.9. The number of pyridine rings is 1. The predicted octanol–water partition coefficient (Wildman–Crippen LogP) is 5.98. The van der Waals surface area contributed by atoms with Crippen LogP contribution in [0, 0.1) is 6.92 Å². The van der Waals surface area contributed by atoms with Gasteiger partial charge in [-0.3, -0.25) is 4.79 Å². The minimum absolute atomic E-state index is 0.00473. The SMILES string of the molecule is CCN1Cc2c(cc(Cl)nc2N[C@@H](C)c2ccc(Oc3ccc(C)cc3)cc2)C1=O. The summed E-state index contributed by atoms with van der Waals surface area (Å²) < 4.78 is 5.91. The first-order chi connectivity index (χ1) is 14.4. The van der Waals surface area contributed by atoms with Gasteiger partial charge >= 0.3 is 0 Å². The lowest BCUT2D eigenvalue weighted by molar-refractivity contribution is 0.0787. The van der Waals surface area contributed by atoms with Crippen molar-refractivity contribution in [3.63, 3.8) is 0 Å². The van der Waals surface area contributed by atoms with E-state index in [2.05, 4.69) is 17.2 Å². The first-order valence-corrected chi connectivity index (χ1v) is 10.4. The van der Waals surface area contributed by atoms with Crippen molar-refractivity contribution in [1.29, 1.82) is 0 Å². The van der Waals surface area contributed by atoms with E-state index in [0.717, 1.165) is 22.6 Å². The minimum atomic E-state index is -0.0146. The Kier molecular flexibility index (Phi) is 5.64. The molecule has 1 atom stereocenters. The summed E-state index contributed by atoms with van der Waals surface area (Å²) in [5.74, 6) is 2.25. The summed E-state index contributed by atoms with van der Waals surface area (Å²) in [6.07, 6.45) is 0. The highest BCUT2D eigenvalue weighted by molar-refractivity contribution is 6.30. The van der Waals surface area contributed by atoms with E-state index in [1.165, 1.54) is 5.56 Å². The Morgan fingerprint density at radius 3 is 2.40 bits per heavy atom. The molecular weight excluding hydrogens is 398 g/mol. The first-order valence-electron chi connectivity index (χ1n) is 10.0. The van der Waals surface area contributed by atoms with Crippen LogP contribution in [-0.4, -0.2) is 22.3 Å². The van der Waals surface area contributed by atoms with Gasteiger partial charge < -0.3 is 15.0 Å². The average molecular weight is 422 g/mol. The minimum Gasteiger partial charge on any atom is -0.457 e. The van der Waals surface area contributed by atoms with Crippen molar-refractivity contribution in [2.75, 3.05) is 11.9 Å². The van der Waals surface area contributed by atoms with Gasteiger partial charge in [-0.15, -0.1) is 0 Å². The third-order valence-electron chi connectivity index (χ3n) is 5.33. The molecule has 0 aliphatic carbocycles. The summed E-state index contributed by atoms with van der Waals surface area (Å²) in [6, 6.07) is 17.6. The number of halogens is 1. The summed E-state index contributed by atoms with van der Waals surface area (Å²) in [7, 11) is 0. The van der Waals surface area contributed by atoms with Gasteiger partial charge in [-0.05, 0) is 56.7 Å². The molecule has 1 aliphatic heterocycles. The summed E-state index contributed by atoms with van der Waals surface area (Å²) in [5, 5.41) is 3.74. The maximum absolute atomic E-state index is 12.5. The Hall–Kier alpha value is -3.05. The number of aromatic nitrogens is 1. The number of carbonyl (C=O) groups excluding carboxylic acids is 1. The molecule has 0 radical (unpaired) electrons. The molecule has 0 bridgehead atoms. The van der Waals surface area contributed by atoms with E-state index in [4.69, 9.17) is 16.3 Å². The van der Waals surface area contributed by atoms with Crippen molar-refractivity contribution in [3.8, 4) is 11.5 Å².